The predicted octanol–water partition coefficient (Wildman–Crippen LogP) is 3.69. The quantitative estimate of drug-likeness (QED) is 0.832. The van der Waals surface area contributed by atoms with Gasteiger partial charge in [0.15, 0.2) is 6.29 Å². The van der Waals surface area contributed by atoms with Crippen molar-refractivity contribution in [3.8, 4) is 6.07 Å². The van der Waals surface area contributed by atoms with Crippen LogP contribution in [0.5, 0.6) is 0 Å². The summed E-state index contributed by atoms with van der Waals surface area (Å²) in [5.41, 5.74) is 0.680. The molecule has 1 aromatic carbocycles. The topological polar surface area (TPSA) is 42.2 Å². The van der Waals surface area contributed by atoms with Gasteiger partial charge in [-0.3, -0.25) is 0 Å². The molecule has 0 aromatic heterocycles. The molecule has 2 unspecified atom stereocenters. The van der Waals surface area contributed by atoms with Gasteiger partial charge in [0.1, 0.15) is 11.9 Å². The third kappa shape index (κ3) is 3.52. The number of nitriles is 1. The van der Waals surface area contributed by atoms with E-state index in [-0.39, 0.29) is 11.7 Å². The van der Waals surface area contributed by atoms with Crippen molar-refractivity contribution in [2.24, 2.45) is 0 Å². The first-order valence-corrected chi connectivity index (χ1v) is 6.71. The van der Waals surface area contributed by atoms with Crippen molar-refractivity contribution in [2.45, 2.75) is 45.0 Å². The number of hydrogen-bond acceptors (Lipinski definition) is 3. The summed E-state index contributed by atoms with van der Waals surface area (Å²) in [6.45, 7) is 2.77. The molecule has 102 valence electrons. The van der Waals surface area contributed by atoms with Crippen LogP contribution in [0.3, 0.4) is 0 Å². The number of benzene rings is 1. The minimum Gasteiger partial charge on any atom is -0.348 e. The lowest BCUT2D eigenvalue weighted by atomic mass is 10.1. The van der Waals surface area contributed by atoms with Crippen LogP contribution in [0.2, 0.25) is 0 Å². The number of halogens is 1. The third-order valence-corrected chi connectivity index (χ3v) is 3.29. The molecule has 0 saturated carbocycles. The number of rotatable bonds is 4. The normalized spacial score (nSPS) is 23.0. The van der Waals surface area contributed by atoms with Crippen molar-refractivity contribution in [3.05, 3.63) is 35.1 Å². The smallest absolute Gasteiger partial charge is 0.184 e. The molecule has 0 bridgehead atoms. The molecule has 1 fully saturated rings. The number of unbranched alkanes of at least 4 members (excludes halogenated alkanes) is 1. The average molecular weight is 263 g/mol. The fourth-order valence-electron chi connectivity index (χ4n) is 2.18. The highest BCUT2D eigenvalue weighted by Crippen LogP contribution is 2.29. The first-order chi connectivity index (χ1) is 9.24. The Kier molecular flexibility index (Phi) is 4.89. The van der Waals surface area contributed by atoms with E-state index >= 15 is 0 Å². The van der Waals surface area contributed by atoms with Crippen LogP contribution in [-0.4, -0.2) is 12.7 Å². The fourth-order valence-corrected chi connectivity index (χ4v) is 2.18. The maximum atomic E-state index is 13.6. The van der Waals surface area contributed by atoms with E-state index in [0.29, 0.717) is 12.2 Å². The van der Waals surface area contributed by atoms with Crippen molar-refractivity contribution in [3.63, 3.8) is 0 Å². The molecule has 1 heterocycles. The van der Waals surface area contributed by atoms with E-state index in [1.807, 2.05) is 0 Å². The van der Waals surface area contributed by atoms with Crippen molar-refractivity contribution in [2.75, 3.05) is 6.61 Å². The maximum Gasteiger partial charge on any atom is 0.184 e. The van der Waals surface area contributed by atoms with Crippen molar-refractivity contribution < 1.29 is 13.9 Å². The van der Waals surface area contributed by atoms with E-state index in [1.54, 1.807) is 12.1 Å². The average Bonchev–Trinajstić information content (AvgIpc) is 2.45. The first kappa shape index (κ1) is 14.0. The fraction of sp³-hybridized carbons (Fsp3) is 0.533. The Bertz CT molecular complexity index is 470. The van der Waals surface area contributed by atoms with E-state index in [4.69, 9.17) is 14.7 Å². The van der Waals surface area contributed by atoms with E-state index in [1.165, 1.54) is 12.1 Å². The number of hydrogen-bond donors (Lipinski definition) is 0. The molecule has 2 rings (SSSR count). The zero-order chi connectivity index (χ0) is 13.7. The molecule has 0 radical (unpaired) electrons. The van der Waals surface area contributed by atoms with Gasteiger partial charge in [0.25, 0.3) is 0 Å². The highest BCUT2D eigenvalue weighted by molar-refractivity contribution is 5.33. The van der Waals surface area contributed by atoms with E-state index in [0.717, 1.165) is 25.7 Å². The summed E-state index contributed by atoms with van der Waals surface area (Å²) in [6.07, 6.45) is 3.82. The van der Waals surface area contributed by atoms with Crippen LogP contribution in [0.25, 0.3) is 0 Å². The summed E-state index contributed by atoms with van der Waals surface area (Å²) >= 11 is 0. The zero-order valence-electron chi connectivity index (χ0n) is 11.1. The van der Waals surface area contributed by atoms with Crippen molar-refractivity contribution in [1.29, 1.82) is 5.26 Å². The summed E-state index contributed by atoms with van der Waals surface area (Å²) in [5.74, 6) is -0.525. The molecule has 2 atom stereocenters. The van der Waals surface area contributed by atoms with Crippen molar-refractivity contribution in [1.82, 2.24) is 0 Å². The molecule has 1 aromatic rings. The highest BCUT2D eigenvalue weighted by Gasteiger charge is 2.24. The molecule has 1 saturated heterocycles. The minimum absolute atomic E-state index is 0.0436. The van der Waals surface area contributed by atoms with Crippen molar-refractivity contribution >= 4 is 0 Å². The van der Waals surface area contributed by atoms with Crippen LogP contribution in [0.15, 0.2) is 18.2 Å². The van der Waals surface area contributed by atoms with Gasteiger partial charge in [-0.1, -0.05) is 25.8 Å². The lowest BCUT2D eigenvalue weighted by Crippen LogP contribution is -2.27. The Morgan fingerprint density at radius 3 is 3.00 bits per heavy atom. The van der Waals surface area contributed by atoms with Gasteiger partial charge in [-0.05, 0) is 25.0 Å². The van der Waals surface area contributed by atoms with Crippen LogP contribution in [0.1, 0.15) is 50.0 Å². The van der Waals surface area contributed by atoms with Gasteiger partial charge in [0, 0.05) is 5.56 Å². The van der Waals surface area contributed by atoms with E-state index in [9.17, 15) is 4.39 Å². The Labute approximate surface area is 112 Å². The Balaban J connectivity index is 2.05. The first-order valence-electron chi connectivity index (χ1n) is 6.71. The predicted molar refractivity (Wildman–Crippen MR) is 68.8 cm³/mol. The second-order valence-electron chi connectivity index (χ2n) is 4.74. The molecule has 0 aliphatic carbocycles. The molecule has 19 heavy (non-hydrogen) atoms. The molecule has 0 amide bonds. The molecule has 0 N–H and O–H groups in total. The van der Waals surface area contributed by atoms with Gasteiger partial charge in [-0.25, -0.2) is 4.39 Å². The highest BCUT2D eigenvalue weighted by atomic mass is 19.1. The summed E-state index contributed by atoms with van der Waals surface area (Å²) < 4.78 is 24.9. The van der Waals surface area contributed by atoms with Crippen LogP contribution < -0.4 is 0 Å². The Hall–Kier alpha value is -1.44. The molecule has 3 nitrogen and oxygen atoms in total. The van der Waals surface area contributed by atoms with E-state index < -0.39 is 12.1 Å². The second kappa shape index (κ2) is 6.65. The molecular formula is C15H18FNO2. The number of nitrogens with zero attached hydrogens (tertiary/aromatic N) is 1. The Morgan fingerprint density at radius 1 is 1.47 bits per heavy atom. The van der Waals surface area contributed by atoms with Gasteiger partial charge in [0.2, 0.25) is 0 Å². The SMILES string of the molecule is CCCCC1CCOC(c2ccc(C#N)c(F)c2)O1. The van der Waals surface area contributed by atoms with Gasteiger partial charge in [-0.15, -0.1) is 0 Å². The molecule has 0 spiro atoms. The van der Waals surface area contributed by atoms with Crippen LogP contribution >= 0.6 is 0 Å². The van der Waals surface area contributed by atoms with Gasteiger partial charge >= 0.3 is 0 Å². The molecule has 1 aliphatic heterocycles. The molecule has 1 aliphatic rings. The standard InChI is InChI=1S/C15H18FNO2/c1-2-3-4-13-7-8-18-15(19-13)11-5-6-12(10-17)14(16)9-11/h5-6,9,13,15H,2-4,7-8H2,1H3. The van der Waals surface area contributed by atoms with Crippen LogP contribution in [0.4, 0.5) is 4.39 Å². The monoisotopic (exact) mass is 263 g/mol. The summed E-state index contributed by atoms with van der Waals surface area (Å²) in [5, 5.41) is 8.71. The second-order valence-corrected chi connectivity index (χ2v) is 4.74. The van der Waals surface area contributed by atoms with Gasteiger partial charge in [0.05, 0.1) is 18.3 Å². The minimum atomic E-state index is -0.525. The zero-order valence-corrected chi connectivity index (χ0v) is 11.1. The largest absolute Gasteiger partial charge is 0.348 e. The van der Waals surface area contributed by atoms with Crippen LogP contribution in [0, 0.1) is 17.1 Å². The van der Waals surface area contributed by atoms with Gasteiger partial charge in [-0.2, -0.15) is 5.26 Å². The molecule has 4 heteroatoms. The lowest BCUT2D eigenvalue weighted by molar-refractivity contribution is -0.218. The van der Waals surface area contributed by atoms with E-state index in [2.05, 4.69) is 6.92 Å². The summed E-state index contributed by atoms with van der Waals surface area (Å²) in [4.78, 5) is 0. The molecular weight excluding hydrogens is 245 g/mol. The number of ether oxygens (including phenoxy) is 2. The third-order valence-electron chi connectivity index (χ3n) is 3.29. The summed E-state index contributed by atoms with van der Waals surface area (Å²) in [6, 6.07) is 6.28. The summed E-state index contributed by atoms with van der Waals surface area (Å²) in [7, 11) is 0. The maximum absolute atomic E-state index is 13.6. The Morgan fingerprint density at radius 2 is 2.32 bits per heavy atom. The van der Waals surface area contributed by atoms with Crippen LogP contribution in [-0.2, 0) is 9.47 Å². The lowest BCUT2D eigenvalue weighted by Gasteiger charge is -2.30. The van der Waals surface area contributed by atoms with Gasteiger partial charge < -0.3 is 9.47 Å².